The molecule has 0 spiro atoms. The Balaban J connectivity index is 1.82. The van der Waals surface area contributed by atoms with E-state index in [0.717, 1.165) is 12.8 Å². The fourth-order valence-electron chi connectivity index (χ4n) is 2.61. The normalized spacial score (nSPS) is 26.7. The smallest absolute Gasteiger partial charge is 0.0459 e. The summed E-state index contributed by atoms with van der Waals surface area (Å²) in [5, 5.41) is 12.8. The van der Waals surface area contributed by atoms with E-state index in [4.69, 9.17) is 5.11 Å². The van der Waals surface area contributed by atoms with Crippen molar-refractivity contribution in [1.29, 1.82) is 0 Å². The van der Waals surface area contributed by atoms with E-state index < -0.39 is 0 Å². The number of pyridine rings is 1. The van der Waals surface area contributed by atoms with E-state index in [1.807, 2.05) is 12.4 Å². The SMILES string of the molecule is CC(NC1CCC(CO)CC1)c1ccncc1. The molecule has 0 aliphatic heterocycles. The van der Waals surface area contributed by atoms with E-state index in [2.05, 4.69) is 29.4 Å². The first-order chi connectivity index (χ1) is 8.29. The third kappa shape index (κ3) is 3.51. The van der Waals surface area contributed by atoms with E-state index >= 15 is 0 Å². The number of nitrogens with one attached hydrogen (secondary N) is 1. The summed E-state index contributed by atoms with van der Waals surface area (Å²) in [5.41, 5.74) is 1.30. The van der Waals surface area contributed by atoms with E-state index in [9.17, 15) is 0 Å². The minimum Gasteiger partial charge on any atom is -0.396 e. The molecular formula is C14H22N2O. The summed E-state index contributed by atoms with van der Waals surface area (Å²) < 4.78 is 0. The molecular weight excluding hydrogens is 212 g/mol. The molecule has 1 aliphatic carbocycles. The van der Waals surface area contributed by atoms with Gasteiger partial charge in [0.2, 0.25) is 0 Å². The van der Waals surface area contributed by atoms with Crippen molar-refractivity contribution in [3.8, 4) is 0 Å². The third-order valence-corrected chi connectivity index (χ3v) is 3.80. The van der Waals surface area contributed by atoms with Gasteiger partial charge in [0.1, 0.15) is 0 Å². The van der Waals surface area contributed by atoms with Gasteiger partial charge < -0.3 is 10.4 Å². The molecule has 0 saturated heterocycles. The highest BCUT2D eigenvalue weighted by Gasteiger charge is 2.21. The summed E-state index contributed by atoms with van der Waals surface area (Å²) >= 11 is 0. The molecule has 1 aromatic heterocycles. The predicted octanol–water partition coefficient (Wildman–Crippen LogP) is 2.28. The van der Waals surface area contributed by atoms with Crippen LogP contribution in [0, 0.1) is 5.92 Å². The molecule has 1 unspecified atom stereocenters. The van der Waals surface area contributed by atoms with Gasteiger partial charge >= 0.3 is 0 Å². The quantitative estimate of drug-likeness (QED) is 0.840. The second-order valence-corrected chi connectivity index (χ2v) is 5.07. The molecule has 1 saturated carbocycles. The van der Waals surface area contributed by atoms with Crippen LogP contribution in [-0.4, -0.2) is 22.7 Å². The molecule has 2 N–H and O–H groups in total. The van der Waals surface area contributed by atoms with Gasteiger partial charge in [-0.25, -0.2) is 0 Å². The number of rotatable bonds is 4. The Morgan fingerprint density at radius 1 is 1.29 bits per heavy atom. The van der Waals surface area contributed by atoms with Gasteiger partial charge in [-0.1, -0.05) is 0 Å². The Kier molecular flexibility index (Phi) is 4.51. The van der Waals surface area contributed by atoms with Gasteiger partial charge in [-0.3, -0.25) is 4.98 Å². The summed E-state index contributed by atoms with van der Waals surface area (Å²) in [5.74, 6) is 0.532. The van der Waals surface area contributed by atoms with Crippen molar-refractivity contribution in [2.24, 2.45) is 5.92 Å². The molecule has 0 radical (unpaired) electrons. The number of hydrogen-bond donors (Lipinski definition) is 2. The summed E-state index contributed by atoms with van der Waals surface area (Å²) in [6.07, 6.45) is 8.35. The fourth-order valence-corrected chi connectivity index (χ4v) is 2.61. The highest BCUT2D eigenvalue weighted by molar-refractivity contribution is 5.14. The lowest BCUT2D eigenvalue weighted by atomic mass is 9.86. The average molecular weight is 234 g/mol. The average Bonchev–Trinajstić information content (AvgIpc) is 2.40. The Morgan fingerprint density at radius 2 is 1.94 bits per heavy atom. The number of hydrogen-bond acceptors (Lipinski definition) is 3. The lowest BCUT2D eigenvalue weighted by Gasteiger charge is -2.30. The molecule has 1 aromatic rings. The molecule has 3 heteroatoms. The molecule has 1 heterocycles. The van der Waals surface area contributed by atoms with Crippen molar-refractivity contribution < 1.29 is 5.11 Å². The summed E-state index contributed by atoms with van der Waals surface area (Å²) in [7, 11) is 0. The highest BCUT2D eigenvalue weighted by Crippen LogP contribution is 2.25. The first-order valence-electron chi connectivity index (χ1n) is 6.56. The zero-order valence-electron chi connectivity index (χ0n) is 10.5. The maximum Gasteiger partial charge on any atom is 0.0459 e. The van der Waals surface area contributed by atoms with Crippen molar-refractivity contribution in [2.75, 3.05) is 6.61 Å². The summed E-state index contributed by atoms with van der Waals surface area (Å²) in [6.45, 7) is 2.56. The summed E-state index contributed by atoms with van der Waals surface area (Å²) in [4.78, 5) is 4.04. The molecule has 0 aromatic carbocycles. The van der Waals surface area contributed by atoms with Crippen LogP contribution in [-0.2, 0) is 0 Å². The van der Waals surface area contributed by atoms with Crippen molar-refractivity contribution in [3.05, 3.63) is 30.1 Å². The van der Waals surface area contributed by atoms with Crippen LogP contribution in [0.25, 0.3) is 0 Å². The van der Waals surface area contributed by atoms with Gasteiger partial charge in [0.15, 0.2) is 0 Å². The van der Waals surface area contributed by atoms with E-state index in [1.165, 1.54) is 18.4 Å². The largest absolute Gasteiger partial charge is 0.396 e. The van der Waals surface area contributed by atoms with Crippen LogP contribution >= 0.6 is 0 Å². The van der Waals surface area contributed by atoms with Crippen LogP contribution in [0.3, 0.4) is 0 Å². The molecule has 0 amide bonds. The first kappa shape index (κ1) is 12.5. The molecule has 2 rings (SSSR count). The Labute approximate surface area is 103 Å². The maximum atomic E-state index is 9.11. The van der Waals surface area contributed by atoms with Crippen LogP contribution in [0.15, 0.2) is 24.5 Å². The lowest BCUT2D eigenvalue weighted by Crippen LogP contribution is -2.35. The maximum absolute atomic E-state index is 9.11. The molecule has 0 bridgehead atoms. The minimum absolute atomic E-state index is 0.354. The predicted molar refractivity (Wildman–Crippen MR) is 68.6 cm³/mol. The van der Waals surface area contributed by atoms with Crippen molar-refractivity contribution in [1.82, 2.24) is 10.3 Å². The van der Waals surface area contributed by atoms with Gasteiger partial charge in [-0.2, -0.15) is 0 Å². The third-order valence-electron chi connectivity index (χ3n) is 3.80. The highest BCUT2D eigenvalue weighted by atomic mass is 16.3. The molecule has 1 aliphatic rings. The zero-order chi connectivity index (χ0) is 12.1. The van der Waals surface area contributed by atoms with Crippen LogP contribution in [0.5, 0.6) is 0 Å². The number of aliphatic hydroxyl groups is 1. The second-order valence-electron chi connectivity index (χ2n) is 5.07. The lowest BCUT2D eigenvalue weighted by molar-refractivity contribution is 0.172. The second kappa shape index (κ2) is 6.12. The molecule has 94 valence electrons. The fraction of sp³-hybridized carbons (Fsp3) is 0.643. The van der Waals surface area contributed by atoms with Gasteiger partial charge in [0.05, 0.1) is 0 Å². The topological polar surface area (TPSA) is 45.1 Å². The van der Waals surface area contributed by atoms with Crippen LogP contribution in [0.1, 0.15) is 44.2 Å². The molecule has 1 fully saturated rings. The number of aliphatic hydroxyl groups excluding tert-OH is 1. The summed E-state index contributed by atoms with van der Waals surface area (Å²) in [6, 6.07) is 5.11. The van der Waals surface area contributed by atoms with Crippen molar-refractivity contribution >= 4 is 0 Å². The van der Waals surface area contributed by atoms with Crippen molar-refractivity contribution in [3.63, 3.8) is 0 Å². The van der Waals surface area contributed by atoms with E-state index in [-0.39, 0.29) is 0 Å². The molecule has 3 nitrogen and oxygen atoms in total. The van der Waals surface area contributed by atoms with Crippen molar-refractivity contribution in [2.45, 2.75) is 44.7 Å². The van der Waals surface area contributed by atoms with Gasteiger partial charge in [0.25, 0.3) is 0 Å². The van der Waals surface area contributed by atoms with E-state index in [1.54, 1.807) is 0 Å². The van der Waals surface area contributed by atoms with Gasteiger partial charge in [-0.15, -0.1) is 0 Å². The first-order valence-corrected chi connectivity index (χ1v) is 6.56. The van der Waals surface area contributed by atoms with Crippen LogP contribution in [0.4, 0.5) is 0 Å². The Morgan fingerprint density at radius 3 is 2.53 bits per heavy atom. The standard InChI is InChI=1S/C14H22N2O/c1-11(13-6-8-15-9-7-13)16-14-4-2-12(10-17)3-5-14/h6-9,11-12,14,16-17H,2-5,10H2,1H3. The zero-order valence-corrected chi connectivity index (χ0v) is 10.5. The van der Waals surface area contributed by atoms with Crippen LogP contribution in [0.2, 0.25) is 0 Å². The molecule has 17 heavy (non-hydrogen) atoms. The van der Waals surface area contributed by atoms with Crippen LogP contribution < -0.4 is 5.32 Å². The Bertz CT molecular complexity index is 320. The van der Waals surface area contributed by atoms with E-state index in [0.29, 0.717) is 24.6 Å². The van der Waals surface area contributed by atoms with Gasteiger partial charge in [0, 0.05) is 31.1 Å². The minimum atomic E-state index is 0.354. The Hall–Kier alpha value is -0.930. The molecule has 1 atom stereocenters. The number of nitrogens with zero attached hydrogens (tertiary/aromatic N) is 1. The number of aromatic nitrogens is 1. The monoisotopic (exact) mass is 234 g/mol. The van der Waals surface area contributed by atoms with Gasteiger partial charge in [-0.05, 0) is 56.2 Å².